The van der Waals surface area contributed by atoms with Crippen molar-refractivity contribution in [2.75, 3.05) is 5.32 Å². The number of amides is 1. The van der Waals surface area contributed by atoms with Crippen LogP contribution in [0.4, 0.5) is 14.6 Å². The van der Waals surface area contributed by atoms with E-state index in [0.29, 0.717) is 0 Å². The Balaban J connectivity index is 1.95. The summed E-state index contributed by atoms with van der Waals surface area (Å²) in [5.41, 5.74) is 8.37. The molecule has 7 heteroatoms. The molecule has 2 aromatic rings. The van der Waals surface area contributed by atoms with Crippen molar-refractivity contribution in [3.8, 4) is 0 Å². The lowest BCUT2D eigenvalue weighted by Crippen LogP contribution is -2.18. The summed E-state index contributed by atoms with van der Waals surface area (Å²) in [7, 11) is 0. The molecule has 5 nitrogen and oxygen atoms in total. The second-order valence-electron chi connectivity index (χ2n) is 9.77. The monoisotopic (exact) mass is 520 g/mol. The molecule has 1 saturated carbocycles. The molecule has 1 unspecified atom stereocenters. The maximum absolute atomic E-state index is 13.2. The van der Waals surface area contributed by atoms with Crippen LogP contribution in [0.5, 0.6) is 0 Å². The molecule has 2 N–H and O–H groups in total. The number of allylic oxidation sites excluding steroid dienone is 9. The highest BCUT2D eigenvalue weighted by atomic mass is 19.3. The second-order valence-corrected chi connectivity index (χ2v) is 9.77. The summed E-state index contributed by atoms with van der Waals surface area (Å²) in [4.78, 5) is 16.4. The van der Waals surface area contributed by atoms with E-state index in [0.717, 1.165) is 58.4 Å². The van der Waals surface area contributed by atoms with Crippen LogP contribution in [0, 0.1) is 12.8 Å². The lowest BCUT2D eigenvalue weighted by atomic mass is 9.92. The van der Waals surface area contributed by atoms with E-state index in [4.69, 9.17) is 0 Å². The molecular formula is C31H38F2N4O. The van der Waals surface area contributed by atoms with Gasteiger partial charge in [-0.1, -0.05) is 44.1 Å². The van der Waals surface area contributed by atoms with E-state index in [-0.39, 0.29) is 5.82 Å². The third-order valence-electron chi connectivity index (χ3n) is 6.78. The van der Waals surface area contributed by atoms with Crippen molar-refractivity contribution in [2.24, 2.45) is 5.92 Å². The molecule has 1 amide bonds. The number of aromatic amines is 1. The zero-order valence-corrected chi connectivity index (χ0v) is 23.2. The first-order valence-corrected chi connectivity index (χ1v) is 13.2. The van der Waals surface area contributed by atoms with Crippen molar-refractivity contribution in [1.29, 1.82) is 0 Å². The van der Waals surface area contributed by atoms with Crippen molar-refractivity contribution in [2.45, 2.75) is 73.1 Å². The number of hydrogen-bond donors (Lipinski definition) is 2. The topological polar surface area (TPSA) is 70.7 Å². The third-order valence-corrected chi connectivity index (χ3v) is 6.78. The maximum atomic E-state index is 13.2. The van der Waals surface area contributed by atoms with Crippen LogP contribution in [0.3, 0.4) is 0 Å². The number of carbonyl (C=O) groups is 1. The lowest BCUT2D eigenvalue weighted by molar-refractivity contribution is -0.119. The fourth-order valence-corrected chi connectivity index (χ4v) is 4.20. The molecule has 0 radical (unpaired) electrons. The van der Waals surface area contributed by atoms with Crippen LogP contribution in [0.25, 0.3) is 11.6 Å². The highest BCUT2D eigenvalue weighted by molar-refractivity contribution is 5.94. The minimum absolute atomic E-state index is 0.280. The van der Waals surface area contributed by atoms with Gasteiger partial charge in [0.15, 0.2) is 0 Å². The van der Waals surface area contributed by atoms with Crippen LogP contribution >= 0.6 is 0 Å². The molecule has 1 aliphatic rings. The molecular weight excluding hydrogens is 482 g/mol. The Bertz CT molecular complexity index is 1300. The molecule has 0 aromatic carbocycles. The highest BCUT2D eigenvalue weighted by Crippen LogP contribution is 2.49. The van der Waals surface area contributed by atoms with E-state index in [1.165, 1.54) is 5.57 Å². The minimum Gasteiger partial charge on any atom is -0.310 e. The molecule has 38 heavy (non-hydrogen) atoms. The van der Waals surface area contributed by atoms with Gasteiger partial charge in [0.2, 0.25) is 5.91 Å². The number of alkyl halides is 2. The lowest BCUT2D eigenvalue weighted by Gasteiger charge is -2.14. The Labute approximate surface area is 224 Å². The van der Waals surface area contributed by atoms with Crippen LogP contribution in [-0.4, -0.2) is 27.0 Å². The molecule has 0 saturated heterocycles. The summed E-state index contributed by atoms with van der Waals surface area (Å²) in [5.74, 6) is -4.57. The van der Waals surface area contributed by atoms with Crippen molar-refractivity contribution in [3.63, 3.8) is 0 Å². The molecule has 0 aliphatic heterocycles. The Kier molecular flexibility index (Phi) is 9.72. The number of nitrogens with one attached hydrogen (secondary N) is 2. The molecule has 0 spiro atoms. The summed E-state index contributed by atoms with van der Waals surface area (Å²) in [6, 6.07) is 3.70. The summed E-state index contributed by atoms with van der Waals surface area (Å²) in [6.07, 6.45) is 16.6. The molecule has 202 valence electrons. The van der Waals surface area contributed by atoms with Crippen LogP contribution in [0.15, 0.2) is 71.1 Å². The number of H-pyrrole nitrogens is 1. The average Bonchev–Trinajstić information content (AvgIpc) is 3.25. The van der Waals surface area contributed by atoms with Gasteiger partial charge < -0.3 is 5.32 Å². The highest BCUT2D eigenvalue weighted by Gasteiger charge is 2.61. The fraction of sp³-hybridized carbons (Fsp3) is 0.387. The van der Waals surface area contributed by atoms with Crippen LogP contribution in [0.2, 0.25) is 0 Å². The quantitative estimate of drug-likeness (QED) is 0.293. The van der Waals surface area contributed by atoms with Gasteiger partial charge in [-0.15, -0.1) is 0 Å². The Morgan fingerprint density at radius 1 is 1.29 bits per heavy atom. The van der Waals surface area contributed by atoms with Crippen LogP contribution < -0.4 is 5.32 Å². The van der Waals surface area contributed by atoms with E-state index >= 15 is 0 Å². The van der Waals surface area contributed by atoms with E-state index in [2.05, 4.69) is 78.6 Å². The summed E-state index contributed by atoms with van der Waals surface area (Å²) in [6.45, 7) is 12.5. The predicted molar refractivity (Wildman–Crippen MR) is 152 cm³/mol. The standard InChI is InChI=1S/C31H38F2N4O/c1-7-10-11-12-23(25(9-3)22(6)15-26(20(4)8-2)28-13-14-35-37-28)17-24-19-34-29(16-21(24)5)36-30(38)27-18-31(27,32)33/h9,11-17,19,27H,7-8,10,18H2,1-6H3,(H,35,37)(H,34,36,38)/b12-11+,22-15-,23-17+,25-9+,26-20-. The van der Waals surface area contributed by atoms with Gasteiger partial charge in [0.1, 0.15) is 11.7 Å². The first kappa shape index (κ1) is 29.0. The number of rotatable bonds is 11. The van der Waals surface area contributed by atoms with Crippen LogP contribution in [0.1, 0.15) is 77.1 Å². The molecule has 1 aliphatic carbocycles. The molecule has 1 atom stereocenters. The zero-order valence-electron chi connectivity index (χ0n) is 23.2. The van der Waals surface area contributed by atoms with Gasteiger partial charge in [0.25, 0.3) is 5.92 Å². The largest absolute Gasteiger partial charge is 0.310 e. The second kappa shape index (κ2) is 12.8. The number of aryl methyl sites for hydroxylation is 1. The Morgan fingerprint density at radius 3 is 2.58 bits per heavy atom. The van der Waals surface area contributed by atoms with Crippen molar-refractivity contribution in [3.05, 3.63) is 87.9 Å². The van der Waals surface area contributed by atoms with E-state index < -0.39 is 24.2 Å². The Hall–Kier alpha value is -3.61. The normalized spacial score (nSPS) is 18.5. The number of hydrogen-bond acceptors (Lipinski definition) is 3. The number of anilines is 1. The molecule has 1 fully saturated rings. The van der Waals surface area contributed by atoms with Crippen LogP contribution in [-0.2, 0) is 4.79 Å². The molecule has 2 aromatic heterocycles. The number of nitrogens with zero attached hydrogens (tertiary/aromatic N) is 2. The van der Waals surface area contributed by atoms with Gasteiger partial charge in [-0.2, -0.15) is 5.10 Å². The average molecular weight is 521 g/mol. The van der Waals surface area contributed by atoms with Gasteiger partial charge >= 0.3 is 0 Å². The first-order valence-electron chi connectivity index (χ1n) is 13.2. The number of carbonyl (C=O) groups excluding carboxylic acids is 1. The smallest absolute Gasteiger partial charge is 0.260 e. The van der Waals surface area contributed by atoms with E-state index in [9.17, 15) is 13.6 Å². The zero-order chi connectivity index (χ0) is 27.9. The van der Waals surface area contributed by atoms with Crippen molar-refractivity contribution >= 4 is 23.4 Å². The number of halogens is 2. The SMILES string of the molecule is C/C=C(C(\C)=C/C(=C(\C)CC)c1ccn[nH]1)/C(/C=C/CCC)=C/c1cnc(NC(=O)C2CC2(F)F)cc1C. The van der Waals surface area contributed by atoms with Crippen molar-refractivity contribution in [1.82, 2.24) is 15.2 Å². The number of aromatic nitrogens is 3. The number of unbranched alkanes of at least 4 members (excludes halogenated alkanes) is 1. The maximum Gasteiger partial charge on any atom is 0.260 e. The van der Waals surface area contributed by atoms with Gasteiger partial charge in [-0.3, -0.25) is 9.89 Å². The van der Waals surface area contributed by atoms with Crippen molar-refractivity contribution < 1.29 is 13.6 Å². The predicted octanol–water partition coefficient (Wildman–Crippen LogP) is 8.22. The van der Waals surface area contributed by atoms with E-state index in [1.807, 2.05) is 19.9 Å². The van der Waals surface area contributed by atoms with Gasteiger partial charge in [0, 0.05) is 18.8 Å². The first-order chi connectivity index (χ1) is 18.1. The third kappa shape index (κ3) is 7.24. The summed E-state index contributed by atoms with van der Waals surface area (Å²) >= 11 is 0. The van der Waals surface area contributed by atoms with Gasteiger partial charge in [-0.05, 0) is 98.2 Å². The summed E-state index contributed by atoms with van der Waals surface area (Å²) in [5, 5.41) is 9.75. The molecule has 0 bridgehead atoms. The van der Waals surface area contributed by atoms with E-state index in [1.54, 1.807) is 18.5 Å². The van der Waals surface area contributed by atoms with Gasteiger partial charge in [0.05, 0.1) is 5.69 Å². The van der Waals surface area contributed by atoms with Gasteiger partial charge in [-0.25, -0.2) is 13.8 Å². The molecule has 2 heterocycles. The Morgan fingerprint density at radius 2 is 2.03 bits per heavy atom. The minimum atomic E-state index is -2.90. The molecule has 3 rings (SSSR count). The fourth-order valence-electron chi connectivity index (χ4n) is 4.20. The number of pyridine rings is 1. The summed E-state index contributed by atoms with van der Waals surface area (Å²) < 4.78 is 26.5.